The predicted octanol–water partition coefficient (Wildman–Crippen LogP) is 4.48. The number of anilines is 1. The highest BCUT2D eigenvalue weighted by Crippen LogP contribution is 2.29. The molecule has 37 heavy (non-hydrogen) atoms. The number of aryl methyl sites for hydroxylation is 2. The summed E-state index contributed by atoms with van der Waals surface area (Å²) in [5.41, 5.74) is 2.19. The summed E-state index contributed by atoms with van der Waals surface area (Å²) in [6.45, 7) is 8.07. The van der Waals surface area contributed by atoms with Gasteiger partial charge in [0.05, 0.1) is 6.61 Å². The molecule has 1 unspecified atom stereocenters. The first-order valence-electron chi connectivity index (χ1n) is 12.2. The molecule has 0 aromatic heterocycles. The molecule has 8 heteroatoms. The number of nitrogens with one attached hydrogen (secondary N) is 2. The zero-order valence-electron chi connectivity index (χ0n) is 22.0. The second-order valence-corrected chi connectivity index (χ2v) is 9.93. The van der Waals surface area contributed by atoms with E-state index in [1.54, 1.807) is 20.8 Å². The van der Waals surface area contributed by atoms with Gasteiger partial charge in [0.1, 0.15) is 18.2 Å². The zero-order chi connectivity index (χ0) is 27.2. The molecule has 0 spiro atoms. The highest BCUT2D eigenvalue weighted by molar-refractivity contribution is 6.00. The molecule has 3 aromatic carbocycles. The van der Waals surface area contributed by atoms with Crippen LogP contribution in [-0.2, 0) is 14.3 Å². The minimum Gasteiger partial charge on any atom is -0.444 e. The number of amides is 3. The van der Waals surface area contributed by atoms with E-state index in [1.807, 2.05) is 74.5 Å². The van der Waals surface area contributed by atoms with Crippen molar-refractivity contribution in [2.24, 2.45) is 0 Å². The van der Waals surface area contributed by atoms with E-state index in [0.717, 1.165) is 21.9 Å². The summed E-state index contributed by atoms with van der Waals surface area (Å²) in [6, 6.07) is 18.0. The Balaban J connectivity index is 1.94. The van der Waals surface area contributed by atoms with Crippen LogP contribution in [0.25, 0.3) is 10.8 Å². The number of hydrogen-bond donors (Lipinski definition) is 3. The molecular formula is C29H35N3O5. The van der Waals surface area contributed by atoms with Crippen LogP contribution in [0.1, 0.15) is 43.5 Å². The summed E-state index contributed by atoms with van der Waals surface area (Å²) >= 11 is 0. The van der Waals surface area contributed by atoms with Crippen molar-refractivity contribution in [2.45, 2.75) is 46.3 Å². The Labute approximate surface area is 217 Å². The van der Waals surface area contributed by atoms with Gasteiger partial charge in [0.25, 0.3) is 5.91 Å². The molecule has 3 rings (SSSR count). The number of ether oxygens (including phenoxy) is 1. The van der Waals surface area contributed by atoms with E-state index in [2.05, 4.69) is 10.6 Å². The van der Waals surface area contributed by atoms with E-state index >= 15 is 0 Å². The van der Waals surface area contributed by atoms with Crippen LogP contribution in [0.2, 0.25) is 0 Å². The van der Waals surface area contributed by atoms with Crippen molar-refractivity contribution in [1.29, 1.82) is 0 Å². The first-order valence-corrected chi connectivity index (χ1v) is 12.2. The maximum atomic E-state index is 13.8. The Morgan fingerprint density at radius 3 is 2.22 bits per heavy atom. The van der Waals surface area contributed by atoms with Crippen LogP contribution in [0.5, 0.6) is 0 Å². The topological polar surface area (TPSA) is 108 Å². The molecular weight excluding hydrogens is 470 g/mol. The van der Waals surface area contributed by atoms with Crippen molar-refractivity contribution in [3.63, 3.8) is 0 Å². The molecule has 0 bridgehead atoms. The van der Waals surface area contributed by atoms with Gasteiger partial charge in [-0.1, -0.05) is 48.5 Å². The minimum atomic E-state index is -1.03. The number of fused-ring (bicyclic) bond motifs is 1. The Hall–Kier alpha value is -3.91. The summed E-state index contributed by atoms with van der Waals surface area (Å²) in [6.07, 6.45) is -0.742. The Morgan fingerprint density at radius 1 is 0.946 bits per heavy atom. The van der Waals surface area contributed by atoms with Gasteiger partial charge in [-0.05, 0) is 74.2 Å². The van der Waals surface area contributed by atoms with Gasteiger partial charge in [-0.3, -0.25) is 9.59 Å². The SMILES string of the molecule is Cc1cccc(C)c1C(C(=O)Nc1ccc2ccccc2c1)N(CCO)C(=O)CNC(=O)OC(C)(C)C. The molecule has 3 aromatic rings. The van der Waals surface area contributed by atoms with Crippen molar-refractivity contribution < 1.29 is 24.2 Å². The van der Waals surface area contributed by atoms with E-state index in [4.69, 9.17) is 4.74 Å². The van der Waals surface area contributed by atoms with Gasteiger partial charge < -0.3 is 25.4 Å². The number of rotatable bonds is 8. The average Bonchev–Trinajstić information content (AvgIpc) is 2.82. The predicted molar refractivity (Wildman–Crippen MR) is 144 cm³/mol. The Morgan fingerprint density at radius 2 is 1.59 bits per heavy atom. The maximum Gasteiger partial charge on any atom is 0.408 e. The van der Waals surface area contributed by atoms with E-state index in [1.165, 1.54) is 4.90 Å². The molecule has 0 saturated carbocycles. The van der Waals surface area contributed by atoms with Crippen LogP contribution >= 0.6 is 0 Å². The van der Waals surface area contributed by atoms with Crippen LogP contribution in [-0.4, -0.2) is 53.2 Å². The minimum absolute atomic E-state index is 0.0988. The molecule has 196 valence electrons. The second-order valence-electron chi connectivity index (χ2n) is 9.93. The van der Waals surface area contributed by atoms with Gasteiger partial charge in [0, 0.05) is 12.2 Å². The second kappa shape index (κ2) is 11.9. The number of carbonyl (C=O) groups excluding carboxylic acids is 3. The lowest BCUT2D eigenvalue weighted by Crippen LogP contribution is -2.48. The van der Waals surface area contributed by atoms with Gasteiger partial charge in [-0.2, -0.15) is 0 Å². The van der Waals surface area contributed by atoms with E-state index in [9.17, 15) is 19.5 Å². The van der Waals surface area contributed by atoms with Gasteiger partial charge in [-0.15, -0.1) is 0 Å². The Kier molecular flexibility index (Phi) is 8.89. The van der Waals surface area contributed by atoms with Gasteiger partial charge in [-0.25, -0.2) is 4.79 Å². The van der Waals surface area contributed by atoms with Crippen molar-refractivity contribution in [3.8, 4) is 0 Å². The van der Waals surface area contributed by atoms with Crippen LogP contribution in [0.15, 0.2) is 60.7 Å². The lowest BCUT2D eigenvalue weighted by Gasteiger charge is -2.33. The first-order chi connectivity index (χ1) is 17.5. The van der Waals surface area contributed by atoms with Gasteiger partial charge in [0.2, 0.25) is 5.91 Å². The van der Waals surface area contributed by atoms with E-state index in [-0.39, 0.29) is 19.7 Å². The molecule has 0 aliphatic carbocycles. The number of alkyl carbamates (subject to hydrolysis) is 1. The van der Waals surface area contributed by atoms with Crippen LogP contribution < -0.4 is 10.6 Å². The van der Waals surface area contributed by atoms with Crippen LogP contribution in [0.3, 0.4) is 0 Å². The molecule has 0 heterocycles. The number of nitrogens with zero attached hydrogens (tertiary/aromatic N) is 1. The van der Waals surface area contributed by atoms with Crippen LogP contribution in [0, 0.1) is 13.8 Å². The number of aliphatic hydroxyl groups excluding tert-OH is 1. The molecule has 0 aliphatic rings. The molecule has 8 nitrogen and oxygen atoms in total. The third kappa shape index (κ3) is 7.30. The smallest absolute Gasteiger partial charge is 0.408 e. The highest BCUT2D eigenvalue weighted by atomic mass is 16.6. The van der Waals surface area contributed by atoms with Crippen molar-refractivity contribution >= 4 is 34.4 Å². The monoisotopic (exact) mass is 505 g/mol. The third-order valence-electron chi connectivity index (χ3n) is 5.84. The number of carbonyl (C=O) groups is 3. The van der Waals surface area contributed by atoms with Crippen molar-refractivity contribution in [1.82, 2.24) is 10.2 Å². The summed E-state index contributed by atoms with van der Waals surface area (Å²) in [5, 5.41) is 17.2. The summed E-state index contributed by atoms with van der Waals surface area (Å²) in [4.78, 5) is 40.6. The fourth-order valence-electron chi connectivity index (χ4n) is 4.23. The lowest BCUT2D eigenvalue weighted by molar-refractivity contribution is -0.138. The van der Waals surface area contributed by atoms with Crippen molar-refractivity contribution in [2.75, 3.05) is 25.0 Å². The number of benzene rings is 3. The number of aliphatic hydroxyl groups is 1. The zero-order valence-corrected chi connectivity index (χ0v) is 22.0. The normalized spacial score (nSPS) is 12.1. The Bertz CT molecular complexity index is 1260. The number of hydrogen-bond acceptors (Lipinski definition) is 5. The molecule has 0 radical (unpaired) electrons. The first kappa shape index (κ1) is 27.7. The quantitative estimate of drug-likeness (QED) is 0.418. The molecule has 0 saturated heterocycles. The average molecular weight is 506 g/mol. The summed E-state index contributed by atoms with van der Waals surface area (Å²) in [7, 11) is 0. The summed E-state index contributed by atoms with van der Waals surface area (Å²) < 4.78 is 5.22. The molecule has 0 fully saturated rings. The van der Waals surface area contributed by atoms with Gasteiger partial charge in [0.15, 0.2) is 0 Å². The molecule has 3 N–H and O–H groups in total. The molecule has 0 aliphatic heterocycles. The third-order valence-corrected chi connectivity index (χ3v) is 5.84. The van der Waals surface area contributed by atoms with Crippen LogP contribution in [0.4, 0.5) is 10.5 Å². The van der Waals surface area contributed by atoms with Gasteiger partial charge >= 0.3 is 6.09 Å². The van der Waals surface area contributed by atoms with E-state index in [0.29, 0.717) is 11.3 Å². The largest absolute Gasteiger partial charge is 0.444 e. The standard InChI is InChI=1S/C29H35N3O5/c1-19-9-8-10-20(2)25(19)26(27(35)31-23-14-13-21-11-6-7-12-22(21)17-23)32(15-16-33)24(34)18-30-28(36)37-29(3,4)5/h6-14,17,26,33H,15-16,18H2,1-5H3,(H,30,36)(H,31,35). The van der Waals surface area contributed by atoms with E-state index < -0.39 is 29.6 Å². The molecule has 1 atom stereocenters. The summed E-state index contributed by atoms with van der Waals surface area (Å²) in [5.74, 6) is -0.951. The van der Waals surface area contributed by atoms with Crippen molar-refractivity contribution in [3.05, 3.63) is 77.4 Å². The molecule has 3 amide bonds. The lowest BCUT2D eigenvalue weighted by atomic mass is 9.94. The maximum absolute atomic E-state index is 13.8. The highest BCUT2D eigenvalue weighted by Gasteiger charge is 2.33. The fourth-order valence-corrected chi connectivity index (χ4v) is 4.23. The fraction of sp³-hybridized carbons (Fsp3) is 0.345.